The number of amides is 11. The van der Waals surface area contributed by atoms with Crippen molar-refractivity contribution in [3.8, 4) is 5.75 Å². The molecule has 0 spiro atoms. The smallest absolute Gasteiger partial charge is 0.326 e. The summed E-state index contributed by atoms with van der Waals surface area (Å²) in [5.74, 6) is -10.3. The molecule has 0 aromatic heterocycles. The predicted molar refractivity (Wildman–Crippen MR) is 311 cm³/mol. The van der Waals surface area contributed by atoms with Crippen molar-refractivity contribution in [3.05, 3.63) is 65.7 Å². The number of guanidine groups is 1. The first kappa shape index (κ1) is 67.2. The molecule has 4 heterocycles. The number of carboxylic acids is 1. The van der Waals surface area contributed by atoms with Gasteiger partial charge in [-0.3, -0.25) is 57.7 Å². The number of aliphatic imine (C=N–C) groups is 1. The summed E-state index contributed by atoms with van der Waals surface area (Å²) in [5, 5.41) is 48.8. The third-order valence-electron chi connectivity index (χ3n) is 16.2. The number of nitrogens with two attached hydrogens (primary N) is 3. The maximum Gasteiger partial charge on any atom is 0.326 e. The lowest BCUT2D eigenvalue weighted by Crippen LogP contribution is -2.61. The van der Waals surface area contributed by atoms with Gasteiger partial charge in [0.2, 0.25) is 65.0 Å². The van der Waals surface area contributed by atoms with Gasteiger partial charge >= 0.3 is 5.97 Å². The van der Waals surface area contributed by atoms with Gasteiger partial charge in [-0.2, -0.15) is 0 Å². The van der Waals surface area contributed by atoms with E-state index < -0.39 is 144 Å². The van der Waals surface area contributed by atoms with E-state index in [9.17, 15) is 72.9 Å². The fourth-order valence-electron chi connectivity index (χ4n) is 11.2. The normalized spacial score (nSPS) is 20.5. The van der Waals surface area contributed by atoms with E-state index in [1.807, 2.05) is 0 Å². The number of phenolic OH excluding ortho intramolecular Hbond substituents is 1. The average molecular weight is 1220 g/mol. The number of hydrogen-bond acceptors (Lipinski definition) is 15. The van der Waals surface area contributed by atoms with Crippen LogP contribution in [0, 0.1) is 5.92 Å². The van der Waals surface area contributed by atoms with Gasteiger partial charge in [-0.1, -0.05) is 62.7 Å². The number of aliphatic hydroxyl groups excluding tert-OH is 1. The van der Waals surface area contributed by atoms with Gasteiger partial charge in [0.1, 0.15) is 66.2 Å². The number of nitrogens with zero attached hydrogens (tertiary/aromatic N) is 4. The van der Waals surface area contributed by atoms with Crippen molar-refractivity contribution in [2.75, 3.05) is 32.8 Å². The summed E-state index contributed by atoms with van der Waals surface area (Å²) in [6.07, 6.45) is 1.50. The molecule has 87 heavy (non-hydrogen) atoms. The van der Waals surface area contributed by atoms with Crippen molar-refractivity contribution in [1.82, 2.24) is 51.9 Å². The summed E-state index contributed by atoms with van der Waals surface area (Å²) in [6, 6.07) is 1.40. The molecule has 6 rings (SSSR count). The number of aromatic hydroxyl groups is 1. The number of nitrogens with one attached hydrogen (secondary N) is 7. The van der Waals surface area contributed by atoms with Gasteiger partial charge < -0.3 is 84.4 Å². The zero-order valence-corrected chi connectivity index (χ0v) is 49.0. The quantitative estimate of drug-likeness (QED) is 0.0208. The molecule has 11 amide bonds. The molecule has 16 N–H and O–H groups in total. The number of rotatable bonds is 30. The predicted octanol–water partition coefficient (Wildman–Crippen LogP) is -3.22. The Morgan fingerprint density at radius 3 is 1.76 bits per heavy atom. The van der Waals surface area contributed by atoms with E-state index in [1.165, 1.54) is 39.0 Å². The molecular formula is C58H82N14O15. The Morgan fingerprint density at radius 2 is 1.17 bits per heavy atom. The molecule has 4 saturated heterocycles. The zero-order chi connectivity index (χ0) is 63.5. The molecule has 11 atom stereocenters. The van der Waals surface area contributed by atoms with Gasteiger partial charge in [0.05, 0.1) is 6.61 Å². The lowest BCUT2D eigenvalue weighted by atomic mass is 9.96. The number of phenols is 1. The molecule has 2 aromatic carbocycles. The van der Waals surface area contributed by atoms with Crippen LogP contribution in [0.1, 0.15) is 108 Å². The van der Waals surface area contributed by atoms with E-state index in [0.717, 1.165) is 0 Å². The van der Waals surface area contributed by atoms with E-state index in [4.69, 9.17) is 17.2 Å². The number of likely N-dealkylation sites (tertiary alicyclic amines) is 3. The van der Waals surface area contributed by atoms with Crippen LogP contribution in [0.2, 0.25) is 0 Å². The average Bonchev–Trinajstić information content (AvgIpc) is 3.06. The fraction of sp³-hybridized carbons (Fsp3) is 0.569. The second-order valence-corrected chi connectivity index (χ2v) is 22.4. The fourth-order valence-corrected chi connectivity index (χ4v) is 11.2. The van der Waals surface area contributed by atoms with Crippen molar-refractivity contribution in [2.45, 2.75) is 171 Å². The highest BCUT2D eigenvalue weighted by molar-refractivity contribution is 6.00. The van der Waals surface area contributed by atoms with Crippen LogP contribution in [-0.2, 0) is 70.4 Å². The zero-order valence-electron chi connectivity index (χ0n) is 49.0. The first-order valence-electron chi connectivity index (χ1n) is 29.5. The van der Waals surface area contributed by atoms with E-state index in [1.54, 1.807) is 44.2 Å². The summed E-state index contributed by atoms with van der Waals surface area (Å²) in [5.41, 5.74) is 17.7. The Balaban J connectivity index is 1.18. The number of carboxylic acid groups (broad SMARTS) is 1. The Kier molecular flexibility index (Phi) is 24.7. The second-order valence-electron chi connectivity index (χ2n) is 22.4. The van der Waals surface area contributed by atoms with Crippen molar-refractivity contribution in [3.63, 3.8) is 0 Å². The molecule has 0 unspecified atom stereocenters. The van der Waals surface area contributed by atoms with E-state index >= 15 is 0 Å². The summed E-state index contributed by atoms with van der Waals surface area (Å²) in [7, 11) is 0. The molecule has 0 aliphatic carbocycles. The minimum Gasteiger partial charge on any atom is -0.508 e. The lowest BCUT2D eigenvalue weighted by Gasteiger charge is -2.34. The van der Waals surface area contributed by atoms with Crippen LogP contribution < -0.4 is 54.4 Å². The van der Waals surface area contributed by atoms with Crippen LogP contribution in [0.15, 0.2) is 59.6 Å². The van der Waals surface area contributed by atoms with Gasteiger partial charge in [-0.05, 0) is 93.4 Å². The van der Waals surface area contributed by atoms with Gasteiger partial charge in [0.25, 0.3) is 0 Å². The van der Waals surface area contributed by atoms with Gasteiger partial charge in [0, 0.05) is 51.9 Å². The summed E-state index contributed by atoms with van der Waals surface area (Å²) in [4.78, 5) is 172. The molecule has 0 radical (unpaired) electrons. The van der Waals surface area contributed by atoms with Gasteiger partial charge in [-0.25, -0.2) is 4.79 Å². The SMILES string of the molecule is CC[C@H](C)[C@H](NC(=O)[C@H](CCC(N)=O)NC(=O)[C@H](Cc1ccc(O)cc1)NC(=O)[C@H](CO)NC(=O)[C@@H]1CCCN1C(=O)[C@H](CCCN=C(N)N)NC(=O)[C@H](Cc1ccccc1)NC(=O)[C@@H]1CCC(=O)N1)C(=O)N1CCC[C@H]1C(=O)N1CCC[C@H]1C(=O)O. The standard InChI is InChI=1S/C58H82N14O15/c1-3-32(2)47(56(85)71-27-9-15-43(71)55(84)72-28-10-16-44(72)57(86)87)69-49(78)37(21-23-45(59)75)64-50(79)40(30-34-17-19-35(74)20-18-34)67-52(81)41(31-73)68-53(82)42-14-8-26-70(42)54(83)38(13-7-25-62-58(60)61)65-51(80)39(29-33-11-5-4-6-12-33)66-48(77)36-22-24-46(76)63-36/h4-6,11-12,17-20,32,36-44,47,73-74H,3,7-10,13-16,21-31H2,1-2H3,(H2,59,75)(H,63,76)(H,64,79)(H,65,80)(H,66,77)(H,67,81)(H,68,82)(H,69,78)(H,86,87)(H4,60,61,62)/t32-,36-,37-,38-,39-,40-,41-,42-,43-,44-,47-/m0/s1. The summed E-state index contributed by atoms with van der Waals surface area (Å²) >= 11 is 0. The topological polar surface area (TPSA) is 450 Å². The van der Waals surface area contributed by atoms with Crippen LogP contribution in [0.3, 0.4) is 0 Å². The Bertz CT molecular complexity index is 2860. The second kappa shape index (κ2) is 32.0. The third kappa shape index (κ3) is 18.8. The molecule has 2 aromatic rings. The number of carbonyl (C=O) groups is 12. The number of benzene rings is 2. The van der Waals surface area contributed by atoms with Crippen LogP contribution in [0.5, 0.6) is 5.75 Å². The van der Waals surface area contributed by atoms with Crippen molar-refractivity contribution >= 4 is 76.9 Å². The largest absolute Gasteiger partial charge is 0.508 e. The molecule has 29 nitrogen and oxygen atoms in total. The van der Waals surface area contributed by atoms with Crippen LogP contribution in [-0.4, -0.2) is 200 Å². The highest BCUT2D eigenvalue weighted by Gasteiger charge is 2.46. The first-order chi connectivity index (χ1) is 41.5. The highest BCUT2D eigenvalue weighted by atomic mass is 16.4. The molecule has 4 fully saturated rings. The maximum absolute atomic E-state index is 14.6. The molecule has 474 valence electrons. The van der Waals surface area contributed by atoms with E-state index in [-0.39, 0.29) is 108 Å². The highest BCUT2D eigenvalue weighted by Crippen LogP contribution is 2.28. The van der Waals surface area contributed by atoms with Gasteiger partial charge in [-0.15, -0.1) is 0 Å². The van der Waals surface area contributed by atoms with Crippen molar-refractivity contribution < 1.29 is 72.9 Å². The number of carbonyl (C=O) groups excluding carboxylic acids is 11. The summed E-state index contributed by atoms with van der Waals surface area (Å²) in [6.45, 7) is 2.87. The molecular weight excluding hydrogens is 1130 g/mol. The number of aliphatic carboxylic acids is 1. The van der Waals surface area contributed by atoms with Crippen LogP contribution >= 0.6 is 0 Å². The molecule has 0 bridgehead atoms. The number of aliphatic hydroxyl groups is 1. The first-order valence-corrected chi connectivity index (χ1v) is 29.5. The maximum atomic E-state index is 14.6. The minimum absolute atomic E-state index is 0.00144. The number of hydrogen-bond donors (Lipinski definition) is 13. The van der Waals surface area contributed by atoms with E-state index in [2.05, 4.69) is 42.2 Å². The van der Waals surface area contributed by atoms with Crippen molar-refractivity contribution in [1.29, 1.82) is 0 Å². The Labute approximate surface area is 503 Å². The monoisotopic (exact) mass is 1210 g/mol. The number of primary amides is 1. The molecule has 29 heteroatoms. The minimum atomic E-state index is -1.76. The van der Waals surface area contributed by atoms with E-state index in [0.29, 0.717) is 36.8 Å². The third-order valence-corrected chi connectivity index (χ3v) is 16.2. The Hall–Kier alpha value is -8.89. The molecule has 4 aliphatic rings. The van der Waals surface area contributed by atoms with Crippen LogP contribution in [0.25, 0.3) is 0 Å². The van der Waals surface area contributed by atoms with Crippen LogP contribution in [0.4, 0.5) is 0 Å². The van der Waals surface area contributed by atoms with Crippen molar-refractivity contribution in [2.24, 2.45) is 28.1 Å². The molecule has 0 saturated carbocycles. The van der Waals surface area contributed by atoms with Gasteiger partial charge in [0.15, 0.2) is 5.96 Å². The Morgan fingerprint density at radius 1 is 0.632 bits per heavy atom. The molecule has 4 aliphatic heterocycles. The summed E-state index contributed by atoms with van der Waals surface area (Å²) < 4.78 is 0. The lowest BCUT2D eigenvalue weighted by molar-refractivity contribution is -0.152.